The van der Waals surface area contributed by atoms with Gasteiger partial charge in [-0.15, -0.1) is 0 Å². The number of amides is 2. The summed E-state index contributed by atoms with van der Waals surface area (Å²) in [5.41, 5.74) is 2.97. The molecule has 5 atom stereocenters. The van der Waals surface area contributed by atoms with Crippen LogP contribution in [-0.2, 0) is 20.9 Å². The molecule has 1 aliphatic heterocycles. The molecular formula is C31H42N2O6. The Balaban J connectivity index is 1.64. The topological polar surface area (TPSA) is 119 Å². The van der Waals surface area contributed by atoms with Crippen LogP contribution in [0, 0.1) is 5.41 Å². The number of aliphatic hydroxyl groups is 3. The number of likely N-dealkylation sites (tertiary alicyclic amines) is 1. The maximum atomic E-state index is 13.4. The molecule has 1 heterocycles. The van der Waals surface area contributed by atoms with E-state index in [1.807, 2.05) is 75.4 Å². The Bertz CT molecular complexity index is 1100. The lowest BCUT2D eigenvalue weighted by Gasteiger charge is -2.29. The maximum absolute atomic E-state index is 13.4. The van der Waals surface area contributed by atoms with Gasteiger partial charge in [0.15, 0.2) is 6.10 Å². The molecular weight excluding hydrogens is 496 g/mol. The van der Waals surface area contributed by atoms with Crippen molar-refractivity contribution in [1.82, 2.24) is 10.2 Å². The molecule has 212 valence electrons. The van der Waals surface area contributed by atoms with E-state index in [0.717, 1.165) is 29.5 Å². The van der Waals surface area contributed by atoms with Crippen LogP contribution in [-0.4, -0.2) is 76.1 Å². The molecule has 1 saturated heterocycles. The van der Waals surface area contributed by atoms with Gasteiger partial charge in [-0.1, -0.05) is 87.5 Å². The minimum Gasteiger partial charge on any atom is -0.387 e. The van der Waals surface area contributed by atoms with Gasteiger partial charge in [0.1, 0.15) is 24.4 Å². The van der Waals surface area contributed by atoms with Crippen LogP contribution in [0.5, 0.6) is 0 Å². The molecule has 2 aromatic carbocycles. The van der Waals surface area contributed by atoms with Crippen molar-refractivity contribution < 1.29 is 29.6 Å². The number of aliphatic hydroxyl groups excluding tert-OH is 3. The summed E-state index contributed by atoms with van der Waals surface area (Å²) in [6.45, 7) is 6.78. The number of ether oxygens (including phenoxy) is 1. The van der Waals surface area contributed by atoms with Gasteiger partial charge < -0.3 is 30.3 Å². The van der Waals surface area contributed by atoms with Crippen LogP contribution in [0.3, 0.4) is 0 Å². The third-order valence-corrected chi connectivity index (χ3v) is 6.85. The Morgan fingerprint density at radius 1 is 1.03 bits per heavy atom. The molecule has 0 spiro atoms. The first-order chi connectivity index (χ1) is 18.5. The van der Waals surface area contributed by atoms with Crippen LogP contribution >= 0.6 is 0 Å². The average Bonchev–Trinajstić information content (AvgIpc) is 3.08. The highest BCUT2D eigenvalue weighted by molar-refractivity contribution is 5.90. The summed E-state index contributed by atoms with van der Waals surface area (Å²) in [6.07, 6.45) is -1.10. The number of carbonyl (C=O) groups excluding carboxylic acids is 2. The minimum absolute atomic E-state index is 0.203. The molecule has 3 rings (SSSR count). The van der Waals surface area contributed by atoms with Gasteiger partial charge in [-0.05, 0) is 41.4 Å². The number of nitrogens with one attached hydrogen (secondary N) is 1. The Labute approximate surface area is 231 Å². The van der Waals surface area contributed by atoms with Crippen LogP contribution in [0.15, 0.2) is 66.7 Å². The van der Waals surface area contributed by atoms with E-state index in [4.69, 9.17) is 4.74 Å². The van der Waals surface area contributed by atoms with Crippen molar-refractivity contribution in [2.75, 3.05) is 13.7 Å². The zero-order valence-corrected chi connectivity index (χ0v) is 23.3. The number of carbonyl (C=O) groups is 2. The normalized spacial score (nSPS) is 19.8. The average molecular weight is 539 g/mol. The van der Waals surface area contributed by atoms with Crippen molar-refractivity contribution in [3.05, 3.63) is 72.3 Å². The van der Waals surface area contributed by atoms with Gasteiger partial charge in [0.2, 0.25) is 5.91 Å². The van der Waals surface area contributed by atoms with Gasteiger partial charge in [-0.3, -0.25) is 9.59 Å². The van der Waals surface area contributed by atoms with E-state index in [1.165, 1.54) is 13.2 Å². The van der Waals surface area contributed by atoms with Crippen LogP contribution in [0.2, 0.25) is 0 Å². The van der Waals surface area contributed by atoms with E-state index in [9.17, 15) is 24.9 Å². The lowest BCUT2D eigenvalue weighted by molar-refractivity contribution is -0.151. The fourth-order valence-electron chi connectivity index (χ4n) is 4.59. The molecule has 0 aromatic heterocycles. The number of hydrogen-bond donors (Lipinski definition) is 4. The summed E-state index contributed by atoms with van der Waals surface area (Å²) in [4.78, 5) is 28.2. The number of allylic oxidation sites excluding steroid dienone is 1. The highest BCUT2D eigenvalue weighted by atomic mass is 16.5. The number of hydrogen-bond acceptors (Lipinski definition) is 6. The molecule has 39 heavy (non-hydrogen) atoms. The predicted molar refractivity (Wildman–Crippen MR) is 150 cm³/mol. The molecule has 2 amide bonds. The molecule has 0 radical (unpaired) electrons. The van der Waals surface area contributed by atoms with Gasteiger partial charge in [-0.25, -0.2) is 0 Å². The molecule has 8 nitrogen and oxygen atoms in total. The number of benzene rings is 2. The Morgan fingerprint density at radius 3 is 2.28 bits per heavy atom. The van der Waals surface area contributed by atoms with Gasteiger partial charge in [0, 0.05) is 20.2 Å². The zero-order valence-electron chi connectivity index (χ0n) is 23.3. The maximum Gasteiger partial charge on any atom is 0.252 e. The number of rotatable bonds is 10. The quantitative estimate of drug-likeness (QED) is 0.345. The Morgan fingerprint density at radius 2 is 1.67 bits per heavy atom. The largest absolute Gasteiger partial charge is 0.387 e. The van der Waals surface area contributed by atoms with Crippen molar-refractivity contribution in [3.63, 3.8) is 0 Å². The zero-order chi connectivity index (χ0) is 28.6. The highest BCUT2D eigenvalue weighted by Crippen LogP contribution is 2.22. The number of methoxy groups -OCH3 is 1. The lowest BCUT2D eigenvalue weighted by atomic mass is 9.94. The first-order valence-electron chi connectivity index (χ1n) is 13.5. The van der Waals surface area contributed by atoms with Crippen LogP contribution < -0.4 is 5.32 Å². The van der Waals surface area contributed by atoms with E-state index in [-0.39, 0.29) is 11.3 Å². The first kappa shape index (κ1) is 30.5. The SMILES string of the molecule is CO[C@@H](C(=O)NC1CCCCN(Cc2ccc(-c3ccccc3)cc2)C1=O)[C@H](O)[C@@H](O)[C@H](O)C=CC(C)(C)C. The second-order valence-electron chi connectivity index (χ2n) is 11.2. The first-order valence-corrected chi connectivity index (χ1v) is 13.5. The van der Waals surface area contributed by atoms with Gasteiger partial charge >= 0.3 is 0 Å². The molecule has 0 bridgehead atoms. The smallest absolute Gasteiger partial charge is 0.252 e. The minimum atomic E-state index is -1.70. The van der Waals surface area contributed by atoms with Gasteiger partial charge in [-0.2, -0.15) is 0 Å². The summed E-state index contributed by atoms with van der Waals surface area (Å²) in [7, 11) is 1.23. The summed E-state index contributed by atoms with van der Waals surface area (Å²) in [5.74, 6) is -0.922. The Kier molecular flexibility index (Phi) is 10.8. The lowest BCUT2D eigenvalue weighted by Crippen LogP contribution is -2.55. The fraction of sp³-hybridized carbons (Fsp3) is 0.484. The van der Waals surface area contributed by atoms with E-state index >= 15 is 0 Å². The summed E-state index contributed by atoms with van der Waals surface area (Å²) >= 11 is 0. The van der Waals surface area contributed by atoms with Crippen molar-refractivity contribution in [2.45, 2.75) is 77.0 Å². The third-order valence-electron chi connectivity index (χ3n) is 6.85. The van der Waals surface area contributed by atoms with E-state index in [2.05, 4.69) is 5.32 Å². The van der Waals surface area contributed by atoms with E-state index in [1.54, 1.807) is 11.0 Å². The standard InChI is InChI=1S/C31H42N2O6/c1-31(2,3)18-17-25(34)26(35)27(36)28(39-4)29(37)32-24-12-8-9-19-33(30(24)38)20-21-13-15-23(16-14-21)22-10-6-5-7-11-22/h5-7,10-11,13-18,24-28,34-36H,8-9,12,19-20H2,1-4H3,(H,32,37)/t24?,25-,26+,27-,28-/m1/s1. The summed E-state index contributed by atoms with van der Waals surface area (Å²) in [5, 5.41) is 34.1. The fourth-order valence-corrected chi connectivity index (χ4v) is 4.59. The second kappa shape index (κ2) is 13.8. The second-order valence-corrected chi connectivity index (χ2v) is 11.2. The van der Waals surface area contributed by atoms with Gasteiger partial charge in [0.25, 0.3) is 5.91 Å². The van der Waals surface area contributed by atoms with Gasteiger partial charge in [0.05, 0.1) is 0 Å². The Hall–Kier alpha value is -3.04. The van der Waals surface area contributed by atoms with Crippen LogP contribution in [0.1, 0.15) is 45.6 Å². The molecule has 1 unspecified atom stereocenters. The predicted octanol–water partition coefficient (Wildman–Crippen LogP) is 3.05. The molecule has 4 N–H and O–H groups in total. The summed E-state index contributed by atoms with van der Waals surface area (Å²) in [6, 6.07) is 17.4. The van der Waals surface area contributed by atoms with Crippen molar-refractivity contribution in [2.24, 2.45) is 5.41 Å². The van der Waals surface area contributed by atoms with Crippen LogP contribution in [0.25, 0.3) is 11.1 Å². The molecule has 0 saturated carbocycles. The molecule has 1 aliphatic rings. The van der Waals surface area contributed by atoms with Crippen molar-refractivity contribution >= 4 is 11.8 Å². The summed E-state index contributed by atoms with van der Waals surface area (Å²) < 4.78 is 5.19. The van der Waals surface area contributed by atoms with Crippen molar-refractivity contribution in [3.8, 4) is 11.1 Å². The molecule has 8 heteroatoms. The molecule has 0 aliphatic carbocycles. The number of nitrogens with zero attached hydrogens (tertiary/aromatic N) is 1. The van der Waals surface area contributed by atoms with E-state index in [0.29, 0.717) is 19.5 Å². The van der Waals surface area contributed by atoms with Crippen LogP contribution in [0.4, 0.5) is 0 Å². The van der Waals surface area contributed by atoms with E-state index < -0.39 is 36.4 Å². The highest BCUT2D eigenvalue weighted by Gasteiger charge is 2.37. The third kappa shape index (κ3) is 8.73. The molecule has 1 fully saturated rings. The van der Waals surface area contributed by atoms with Crippen molar-refractivity contribution in [1.29, 1.82) is 0 Å². The monoisotopic (exact) mass is 538 g/mol. The molecule has 2 aromatic rings.